The van der Waals surface area contributed by atoms with E-state index >= 15 is 0 Å². The molecular weight excluding hydrogens is 426 g/mol. The number of amides is 1. The molecule has 0 radical (unpaired) electrons. The normalized spacial score (nSPS) is 14.0. The van der Waals surface area contributed by atoms with Crippen LogP contribution in [0.3, 0.4) is 0 Å². The lowest BCUT2D eigenvalue weighted by molar-refractivity contribution is -0.117. The summed E-state index contributed by atoms with van der Waals surface area (Å²) >= 11 is 0. The summed E-state index contributed by atoms with van der Waals surface area (Å²) in [6, 6.07) is 16.3. The van der Waals surface area contributed by atoms with Gasteiger partial charge in [-0.1, -0.05) is 53.7 Å². The van der Waals surface area contributed by atoms with E-state index in [1.165, 1.54) is 0 Å². The molecule has 2 N–H and O–H groups in total. The summed E-state index contributed by atoms with van der Waals surface area (Å²) in [5.74, 6) is 0.521. The van der Waals surface area contributed by atoms with Crippen LogP contribution in [0.5, 0.6) is 0 Å². The van der Waals surface area contributed by atoms with E-state index in [2.05, 4.69) is 15.2 Å². The van der Waals surface area contributed by atoms with Gasteiger partial charge in [-0.15, -0.1) is 0 Å². The Morgan fingerprint density at radius 1 is 1.09 bits per heavy atom. The molecular formula is C24H25N3O4S. The van der Waals surface area contributed by atoms with Crippen molar-refractivity contribution >= 4 is 33.8 Å². The average Bonchev–Trinajstić information content (AvgIpc) is 3.59. The van der Waals surface area contributed by atoms with Gasteiger partial charge < -0.3 is 9.84 Å². The van der Waals surface area contributed by atoms with Gasteiger partial charge in [0.1, 0.15) is 11.4 Å². The predicted molar refractivity (Wildman–Crippen MR) is 123 cm³/mol. The molecule has 166 valence electrons. The molecule has 1 amide bonds. The molecule has 1 aromatic heterocycles. The average molecular weight is 452 g/mol. The molecule has 1 fully saturated rings. The summed E-state index contributed by atoms with van der Waals surface area (Å²) in [7, 11) is -3.58. The van der Waals surface area contributed by atoms with E-state index < -0.39 is 10.0 Å². The number of hydrogen-bond acceptors (Lipinski definition) is 5. The second-order valence-electron chi connectivity index (χ2n) is 7.81. The van der Waals surface area contributed by atoms with Crippen molar-refractivity contribution < 1.29 is 17.7 Å². The smallest absolute Gasteiger partial charge is 0.240 e. The van der Waals surface area contributed by atoms with Gasteiger partial charge in [0.05, 0.1) is 4.90 Å². The molecule has 0 atom stereocenters. The minimum absolute atomic E-state index is 0.0136. The van der Waals surface area contributed by atoms with Crippen molar-refractivity contribution in [2.24, 2.45) is 5.92 Å². The zero-order chi connectivity index (χ0) is 22.6. The van der Waals surface area contributed by atoms with Crippen LogP contribution in [0.2, 0.25) is 0 Å². The lowest BCUT2D eigenvalue weighted by Crippen LogP contribution is -2.25. The second-order valence-corrected chi connectivity index (χ2v) is 9.57. The van der Waals surface area contributed by atoms with Gasteiger partial charge in [-0.2, -0.15) is 0 Å². The number of carbonyl (C=O) groups is 1. The molecule has 2 aromatic carbocycles. The van der Waals surface area contributed by atoms with Gasteiger partial charge in [0.25, 0.3) is 0 Å². The van der Waals surface area contributed by atoms with E-state index in [4.69, 9.17) is 4.52 Å². The molecule has 7 nitrogen and oxygen atoms in total. The number of nitrogens with zero attached hydrogens (tertiary/aromatic N) is 1. The highest BCUT2D eigenvalue weighted by atomic mass is 32.2. The number of aryl methyl sites for hydroxylation is 1. The van der Waals surface area contributed by atoms with E-state index in [0.717, 1.165) is 24.0 Å². The third-order valence-corrected chi connectivity index (χ3v) is 6.73. The van der Waals surface area contributed by atoms with Crippen molar-refractivity contribution in [3.05, 3.63) is 77.2 Å². The van der Waals surface area contributed by atoms with Gasteiger partial charge in [0.2, 0.25) is 15.9 Å². The minimum Gasteiger partial charge on any atom is -0.354 e. The fraction of sp³-hybridized carbons (Fsp3) is 0.250. The van der Waals surface area contributed by atoms with Crippen LogP contribution < -0.4 is 10.0 Å². The predicted octanol–water partition coefficient (Wildman–Crippen LogP) is 4.02. The van der Waals surface area contributed by atoms with Crippen LogP contribution in [0, 0.1) is 12.8 Å². The van der Waals surface area contributed by atoms with Crippen LogP contribution in [0.25, 0.3) is 12.2 Å². The van der Waals surface area contributed by atoms with Gasteiger partial charge in [-0.25, -0.2) is 13.1 Å². The van der Waals surface area contributed by atoms with Crippen LogP contribution >= 0.6 is 0 Å². The van der Waals surface area contributed by atoms with Crippen molar-refractivity contribution in [1.82, 2.24) is 9.88 Å². The summed E-state index contributed by atoms with van der Waals surface area (Å²) in [4.78, 5) is 12.3. The van der Waals surface area contributed by atoms with Crippen molar-refractivity contribution in [3.8, 4) is 0 Å². The second kappa shape index (κ2) is 9.50. The number of aromatic nitrogens is 1. The Morgan fingerprint density at radius 2 is 1.81 bits per heavy atom. The SMILES string of the molecule is Cc1noc(C=Cc2ccc(S(=O)(=O)NCCc3ccccc3)cc2)c1NC(=O)C1CC1. The van der Waals surface area contributed by atoms with Crippen LogP contribution in [-0.2, 0) is 21.2 Å². The Hall–Kier alpha value is -3.23. The zero-order valence-corrected chi connectivity index (χ0v) is 18.6. The first-order chi connectivity index (χ1) is 15.4. The molecule has 1 heterocycles. The molecule has 1 aliphatic rings. The lowest BCUT2D eigenvalue weighted by Gasteiger charge is -2.07. The summed E-state index contributed by atoms with van der Waals surface area (Å²) in [5, 5.41) is 6.81. The van der Waals surface area contributed by atoms with Gasteiger partial charge in [0, 0.05) is 12.5 Å². The Kier molecular flexibility index (Phi) is 6.53. The third-order valence-electron chi connectivity index (χ3n) is 5.25. The topological polar surface area (TPSA) is 101 Å². The Balaban J connectivity index is 1.38. The Labute approximate surface area is 187 Å². The number of anilines is 1. The number of benzene rings is 2. The molecule has 0 aliphatic heterocycles. The fourth-order valence-corrected chi connectivity index (χ4v) is 4.24. The summed E-state index contributed by atoms with van der Waals surface area (Å²) < 4.78 is 33.0. The minimum atomic E-state index is -3.58. The van der Waals surface area contributed by atoms with E-state index in [1.807, 2.05) is 30.3 Å². The Morgan fingerprint density at radius 3 is 2.50 bits per heavy atom. The highest BCUT2D eigenvalue weighted by Gasteiger charge is 2.30. The molecule has 8 heteroatoms. The van der Waals surface area contributed by atoms with Crippen LogP contribution in [0.1, 0.15) is 35.4 Å². The number of nitrogens with one attached hydrogen (secondary N) is 2. The van der Waals surface area contributed by atoms with E-state index in [-0.39, 0.29) is 16.7 Å². The zero-order valence-electron chi connectivity index (χ0n) is 17.7. The summed E-state index contributed by atoms with van der Waals surface area (Å²) in [5.41, 5.74) is 3.05. The summed E-state index contributed by atoms with van der Waals surface area (Å²) in [6.07, 6.45) is 5.95. The first-order valence-electron chi connectivity index (χ1n) is 10.5. The quantitative estimate of drug-likeness (QED) is 0.512. The molecule has 4 rings (SSSR count). The monoisotopic (exact) mass is 451 g/mol. The molecule has 1 saturated carbocycles. The number of hydrogen-bond donors (Lipinski definition) is 2. The van der Waals surface area contributed by atoms with Gasteiger partial charge in [-0.05, 0) is 55.5 Å². The molecule has 0 unspecified atom stereocenters. The van der Waals surface area contributed by atoms with Gasteiger partial charge in [0.15, 0.2) is 5.76 Å². The molecule has 32 heavy (non-hydrogen) atoms. The van der Waals surface area contributed by atoms with Crippen molar-refractivity contribution in [1.29, 1.82) is 0 Å². The largest absolute Gasteiger partial charge is 0.354 e. The van der Waals surface area contributed by atoms with E-state index in [0.29, 0.717) is 30.1 Å². The highest BCUT2D eigenvalue weighted by molar-refractivity contribution is 7.89. The molecule has 0 saturated heterocycles. The fourth-order valence-electron chi connectivity index (χ4n) is 3.21. The van der Waals surface area contributed by atoms with E-state index in [9.17, 15) is 13.2 Å². The lowest BCUT2D eigenvalue weighted by atomic mass is 10.2. The van der Waals surface area contributed by atoms with Crippen LogP contribution in [0.15, 0.2) is 64.0 Å². The number of rotatable bonds is 9. The maximum Gasteiger partial charge on any atom is 0.240 e. The maximum atomic E-state index is 12.5. The van der Waals surface area contributed by atoms with Gasteiger partial charge in [-0.3, -0.25) is 4.79 Å². The molecule has 0 bridgehead atoms. The van der Waals surface area contributed by atoms with Crippen LogP contribution in [-0.4, -0.2) is 26.0 Å². The maximum absolute atomic E-state index is 12.5. The van der Waals surface area contributed by atoms with Crippen molar-refractivity contribution in [2.45, 2.75) is 31.1 Å². The molecule has 0 spiro atoms. The highest BCUT2D eigenvalue weighted by Crippen LogP contribution is 2.32. The third kappa shape index (κ3) is 5.52. The number of carbonyl (C=O) groups excluding carboxylic acids is 1. The van der Waals surface area contributed by atoms with Crippen molar-refractivity contribution in [2.75, 3.05) is 11.9 Å². The summed E-state index contributed by atoms with van der Waals surface area (Å²) in [6.45, 7) is 2.10. The molecule has 1 aliphatic carbocycles. The Bertz CT molecular complexity index is 1210. The number of sulfonamides is 1. The van der Waals surface area contributed by atoms with Crippen LogP contribution in [0.4, 0.5) is 5.69 Å². The standard InChI is InChI=1S/C24H25N3O4S/c1-17-23(26-24(28)20-10-11-20)22(31-27-17)14-9-19-7-12-21(13-8-19)32(29,30)25-16-15-18-5-3-2-4-6-18/h2-9,12-14,20,25H,10-11,15-16H2,1H3,(H,26,28). The molecule has 3 aromatic rings. The first-order valence-corrected chi connectivity index (χ1v) is 12.0. The van der Waals surface area contributed by atoms with Gasteiger partial charge >= 0.3 is 0 Å². The first kappa shape index (κ1) is 22.0. The van der Waals surface area contributed by atoms with Crippen molar-refractivity contribution in [3.63, 3.8) is 0 Å². The van der Waals surface area contributed by atoms with E-state index in [1.54, 1.807) is 43.3 Å².